The van der Waals surface area contributed by atoms with Gasteiger partial charge in [0.05, 0.1) is 5.69 Å². The maximum Gasteiger partial charge on any atom is 0.146 e. The van der Waals surface area contributed by atoms with Crippen molar-refractivity contribution in [1.29, 1.82) is 0 Å². The predicted molar refractivity (Wildman–Crippen MR) is 86.2 cm³/mol. The fourth-order valence-electron chi connectivity index (χ4n) is 3.67. The van der Waals surface area contributed by atoms with Crippen molar-refractivity contribution in [3.05, 3.63) is 29.6 Å². The molecule has 2 atom stereocenters. The van der Waals surface area contributed by atoms with Crippen molar-refractivity contribution in [2.24, 2.45) is 11.8 Å². The van der Waals surface area contributed by atoms with Crippen LogP contribution in [0.3, 0.4) is 0 Å². The zero-order chi connectivity index (χ0) is 15.2. The van der Waals surface area contributed by atoms with Crippen LogP contribution in [0.15, 0.2) is 18.2 Å². The highest BCUT2D eigenvalue weighted by Gasteiger charge is 2.46. The quantitative estimate of drug-likeness (QED) is 0.912. The SMILES string of the molecule is Cc1ccc(F)c(N2CC(C)(C3CC3)NCC2C(C)C)c1. The highest BCUT2D eigenvalue weighted by atomic mass is 19.1. The molecule has 3 heteroatoms. The molecule has 2 fully saturated rings. The van der Waals surface area contributed by atoms with E-state index < -0.39 is 0 Å². The van der Waals surface area contributed by atoms with E-state index in [2.05, 4.69) is 31.0 Å². The van der Waals surface area contributed by atoms with Crippen LogP contribution >= 0.6 is 0 Å². The summed E-state index contributed by atoms with van der Waals surface area (Å²) >= 11 is 0. The Morgan fingerprint density at radius 2 is 2.05 bits per heavy atom. The summed E-state index contributed by atoms with van der Waals surface area (Å²) in [6, 6.07) is 5.82. The zero-order valence-corrected chi connectivity index (χ0v) is 13.6. The molecule has 2 nitrogen and oxygen atoms in total. The van der Waals surface area contributed by atoms with Gasteiger partial charge in [0.2, 0.25) is 0 Å². The summed E-state index contributed by atoms with van der Waals surface area (Å²) in [7, 11) is 0. The maximum atomic E-state index is 14.4. The second kappa shape index (κ2) is 5.28. The first-order valence-corrected chi connectivity index (χ1v) is 8.18. The molecule has 0 aromatic heterocycles. The Kier molecular flexibility index (Phi) is 3.73. The first-order valence-electron chi connectivity index (χ1n) is 8.18. The number of nitrogens with one attached hydrogen (secondary N) is 1. The molecule has 3 rings (SSSR count). The van der Waals surface area contributed by atoms with Gasteiger partial charge in [0.15, 0.2) is 0 Å². The molecule has 2 unspecified atom stereocenters. The standard InChI is InChI=1S/C18H27FN2/c1-12(2)17-10-20-18(4,14-6-7-14)11-21(17)16-9-13(3)5-8-15(16)19/h5,8-9,12,14,17,20H,6-7,10-11H2,1-4H3. The molecule has 1 saturated heterocycles. The number of hydrogen-bond acceptors (Lipinski definition) is 2. The molecular formula is C18H27FN2. The van der Waals surface area contributed by atoms with Crippen molar-refractivity contribution in [3.63, 3.8) is 0 Å². The molecule has 0 amide bonds. The monoisotopic (exact) mass is 290 g/mol. The number of hydrogen-bond donors (Lipinski definition) is 1. The van der Waals surface area contributed by atoms with E-state index in [1.54, 1.807) is 6.07 Å². The van der Waals surface area contributed by atoms with Gasteiger partial charge in [-0.15, -0.1) is 0 Å². The van der Waals surface area contributed by atoms with Crippen LogP contribution in [0.1, 0.15) is 39.2 Å². The molecule has 0 bridgehead atoms. The third kappa shape index (κ3) is 2.80. The van der Waals surface area contributed by atoms with Gasteiger partial charge in [0.25, 0.3) is 0 Å². The smallest absolute Gasteiger partial charge is 0.146 e. The number of aryl methyl sites for hydroxylation is 1. The largest absolute Gasteiger partial charge is 0.363 e. The first kappa shape index (κ1) is 14.8. The van der Waals surface area contributed by atoms with Crippen LogP contribution in [-0.2, 0) is 0 Å². The van der Waals surface area contributed by atoms with Crippen LogP contribution in [0, 0.1) is 24.6 Å². The second-order valence-electron chi connectivity index (χ2n) is 7.47. The zero-order valence-electron chi connectivity index (χ0n) is 13.6. The van der Waals surface area contributed by atoms with E-state index in [1.165, 1.54) is 12.8 Å². The van der Waals surface area contributed by atoms with Crippen LogP contribution in [0.25, 0.3) is 0 Å². The van der Waals surface area contributed by atoms with Crippen molar-refractivity contribution in [2.75, 3.05) is 18.0 Å². The summed E-state index contributed by atoms with van der Waals surface area (Å²) in [5.74, 6) is 1.16. The summed E-state index contributed by atoms with van der Waals surface area (Å²) in [6.45, 7) is 10.6. The van der Waals surface area contributed by atoms with E-state index in [0.717, 1.165) is 30.3 Å². The average Bonchev–Trinajstić information content (AvgIpc) is 3.26. The fourth-order valence-corrected chi connectivity index (χ4v) is 3.67. The maximum absolute atomic E-state index is 14.4. The van der Waals surface area contributed by atoms with E-state index in [-0.39, 0.29) is 11.4 Å². The van der Waals surface area contributed by atoms with E-state index >= 15 is 0 Å². The summed E-state index contributed by atoms with van der Waals surface area (Å²) in [4.78, 5) is 2.32. The molecule has 1 aliphatic carbocycles. The number of rotatable bonds is 3. The van der Waals surface area contributed by atoms with Gasteiger partial charge in [-0.05, 0) is 56.2 Å². The highest BCUT2D eigenvalue weighted by Crippen LogP contribution is 2.43. The van der Waals surface area contributed by atoms with Crippen molar-refractivity contribution >= 4 is 5.69 Å². The molecule has 116 valence electrons. The van der Waals surface area contributed by atoms with Gasteiger partial charge in [-0.1, -0.05) is 19.9 Å². The van der Waals surface area contributed by atoms with Crippen molar-refractivity contribution in [3.8, 4) is 0 Å². The van der Waals surface area contributed by atoms with Gasteiger partial charge in [-0.25, -0.2) is 4.39 Å². The van der Waals surface area contributed by atoms with Crippen molar-refractivity contribution in [2.45, 2.75) is 52.1 Å². The van der Waals surface area contributed by atoms with Crippen molar-refractivity contribution in [1.82, 2.24) is 5.32 Å². The molecule has 0 spiro atoms. The molecule has 1 N–H and O–H groups in total. The van der Waals surface area contributed by atoms with Gasteiger partial charge in [0, 0.05) is 24.7 Å². The average molecular weight is 290 g/mol. The summed E-state index contributed by atoms with van der Waals surface area (Å²) in [5.41, 5.74) is 2.03. The molecule has 21 heavy (non-hydrogen) atoms. The Labute approximate surface area is 127 Å². The Morgan fingerprint density at radius 3 is 2.67 bits per heavy atom. The fraction of sp³-hybridized carbons (Fsp3) is 0.667. The minimum absolute atomic E-state index is 0.0914. The molecule has 1 aromatic rings. The van der Waals surface area contributed by atoms with Crippen LogP contribution in [0.5, 0.6) is 0 Å². The topological polar surface area (TPSA) is 15.3 Å². The third-order valence-electron chi connectivity index (χ3n) is 5.27. The van der Waals surface area contributed by atoms with Gasteiger partial charge in [0.1, 0.15) is 5.82 Å². The number of piperazine rings is 1. The van der Waals surface area contributed by atoms with E-state index in [1.807, 2.05) is 19.1 Å². The van der Waals surface area contributed by atoms with Gasteiger partial charge in [-0.2, -0.15) is 0 Å². The van der Waals surface area contributed by atoms with Gasteiger partial charge < -0.3 is 10.2 Å². The van der Waals surface area contributed by atoms with E-state index in [0.29, 0.717) is 12.0 Å². The molecule has 1 aliphatic heterocycles. The van der Waals surface area contributed by atoms with E-state index in [4.69, 9.17) is 0 Å². The van der Waals surface area contributed by atoms with Gasteiger partial charge in [-0.3, -0.25) is 0 Å². The van der Waals surface area contributed by atoms with Crippen LogP contribution in [-0.4, -0.2) is 24.7 Å². The van der Waals surface area contributed by atoms with Crippen LogP contribution in [0.4, 0.5) is 10.1 Å². The lowest BCUT2D eigenvalue weighted by atomic mass is 9.87. The Bertz CT molecular complexity index is 524. The molecule has 0 radical (unpaired) electrons. The lowest BCUT2D eigenvalue weighted by Gasteiger charge is -2.49. The molecule has 2 aliphatic rings. The summed E-state index contributed by atoms with van der Waals surface area (Å²) in [5, 5.41) is 3.76. The van der Waals surface area contributed by atoms with Crippen molar-refractivity contribution < 1.29 is 4.39 Å². The minimum Gasteiger partial charge on any atom is -0.363 e. The van der Waals surface area contributed by atoms with E-state index in [9.17, 15) is 4.39 Å². The summed E-state index contributed by atoms with van der Waals surface area (Å²) < 4.78 is 14.4. The molecule has 1 saturated carbocycles. The third-order valence-corrected chi connectivity index (χ3v) is 5.27. The highest BCUT2D eigenvalue weighted by molar-refractivity contribution is 5.52. The van der Waals surface area contributed by atoms with Gasteiger partial charge >= 0.3 is 0 Å². The number of halogens is 1. The Morgan fingerprint density at radius 1 is 1.33 bits per heavy atom. The minimum atomic E-state index is -0.0914. The summed E-state index contributed by atoms with van der Waals surface area (Å²) in [6.07, 6.45) is 2.61. The van der Waals surface area contributed by atoms with Crippen LogP contribution in [0.2, 0.25) is 0 Å². The van der Waals surface area contributed by atoms with Crippen LogP contribution < -0.4 is 10.2 Å². The lowest BCUT2D eigenvalue weighted by Crippen LogP contribution is -2.65. The first-order chi connectivity index (χ1) is 9.90. The number of nitrogens with zero attached hydrogens (tertiary/aromatic N) is 1. The number of anilines is 1. The molecular weight excluding hydrogens is 263 g/mol. The lowest BCUT2D eigenvalue weighted by molar-refractivity contribution is 0.232. The predicted octanol–water partition coefficient (Wildman–Crippen LogP) is 3.74. The Balaban J connectivity index is 1.95. The second-order valence-corrected chi connectivity index (χ2v) is 7.47. The normalized spacial score (nSPS) is 30.0. The Hall–Kier alpha value is -1.09. The molecule has 1 heterocycles. The number of benzene rings is 1. The molecule has 1 aromatic carbocycles.